The van der Waals surface area contributed by atoms with E-state index in [-0.39, 0.29) is 5.91 Å². The Morgan fingerprint density at radius 3 is 2.15 bits per heavy atom. The van der Waals surface area contributed by atoms with E-state index in [1.807, 2.05) is 48.5 Å². The van der Waals surface area contributed by atoms with Crippen LogP contribution in [0.15, 0.2) is 78.9 Å². The molecule has 136 valence electrons. The van der Waals surface area contributed by atoms with E-state index in [0.717, 1.165) is 24.2 Å². The van der Waals surface area contributed by atoms with Crippen molar-refractivity contribution in [2.75, 3.05) is 18.0 Å². The maximum absolute atomic E-state index is 12.6. The highest BCUT2D eigenvalue weighted by atomic mass is 16.1. The molecule has 3 aromatic rings. The Bertz CT molecular complexity index is 897. The molecule has 1 fully saturated rings. The Hall–Kier alpha value is -3.07. The third-order valence-electron chi connectivity index (χ3n) is 5.13. The Morgan fingerprint density at radius 2 is 1.41 bits per heavy atom. The molecule has 1 saturated heterocycles. The fourth-order valence-corrected chi connectivity index (χ4v) is 3.65. The van der Waals surface area contributed by atoms with Gasteiger partial charge < -0.3 is 10.2 Å². The van der Waals surface area contributed by atoms with Crippen LogP contribution in [0.1, 0.15) is 28.8 Å². The molecule has 1 aliphatic rings. The number of hydrogen-bond acceptors (Lipinski definition) is 2. The summed E-state index contributed by atoms with van der Waals surface area (Å²) in [6, 6.07) is 26.4. The topological polar surface area (TPSA) is 32.3 Å². The molecule has 1 aliphatic heterocycles. The van der Waals surface area contributed by atoms with Crippen LogP contribution in [0, 0.1) is 0 Å². The molecule has 0 radical (unpaired) electrons. The predicted molar refractivity (Wildman–Crippen MR) is 111 cm³/mol. The standard InChI is InChI=1S/C24H24N2O/c27-24(21-14-12-20(13-15-21)19-8-2-1-3-9-19)25-18-22-10-4-5-11-23(22)26-16-6-7-17-26/h1-5,8-15H,6-7,16-18H2,(H,25,27). The number of benzene rings is 3. The normalized spacial score (nSPS) is 13.6. The summed E-state index contributed by atoms with van der Waals surface area (Å²) in [5.74, 6) is -0.0363. The highest BCUT2D eigenvalue weighted by molar-refractivity contribution is 5.94. The summed E-state index contributed by atoms with van der Waals surface area (Å²) < 4.78 is 0. The molecule has 0 aromatic heterocycles. The minimum atomic E-state index is -0.0363. The van der Waals surface area contributed by atoms with E-state index in [1.54, 1.807) is 0 Å². The van der Waals surface area contributed by atoms with Crippen LogP contribution in [0.3, 0.4) is 0 Å². The molecular weight excluding hydrogens is 332 g/mol. The highest BCUT2D eigenvalue weighted by Gasteiger charge is 2.15. The number of nitrogens with one attached hydrogen (secondary N) is 1. The second kappa shape index (κ2) is 8.09. The van der Waals surface area contributed by atoms with E-state index in [2.05, 4.69) is 40.5 Å². The molecule has 0 atom stereocenters. The summed E-state index contributed by atoms with van der Waals surface area (Å²) >= 11 is 0. The Kier molecular flexibility index (Phi) is 5.20. The van der Waals surface area contributed by atoms with Gasteiger partial charge in [0.2, 0.25) is 0 Å². The molecule has 0 unspecified atom stereocenters. The van der Waals surface area contributed by atoms with Crippen LogP contribution in [0.5, 0.6) is 0 Å². The third-order valence-corrected chi connectivity index (χ3v) is 5.13. The van der Waals surface area contributed by atoms with E-state index in [1.165, 1.54) is 24.1 Å². The number of hydrogen-bond donors (Lipinski definition) is 1. The Morgan fingerprint density at radius 1 is 0.778 bits per heavy atom. The molecule has 3 nitrogen and oxygen atoms in total. The van der Waals surface area contributed by atoms with Crippen molar-refractivity contribution in [2.45, 2.75) is 19.4 Å². The van der Waals surface area contributed by atoms with Gasteiger partial charge in [0.25, 0.3) is 5.91 Å². The van der Waals surface area contributed by atoms with Crippen LogP contribution < -0.4 is 10.2 Å². The Balaban J connectivity index is 1.43. The molecule has 0 aliphatic carbocycles. The van der Waals surface area contributed by atoms with Gasteiger partial charge in [0.15, 0.2) is 0 Å². The number of nitrogens with zero attached hydrogens (tertiary/aromatic N) is 1. The van der Waals surface area contributed by atoms with Crippen LogP contribution in [-0.4, -0.2) is 19.0 Å². The molecule has 1 N–H and O–H groups in total. The van der Waals surface area contributed by atoms with Crippen molar-refractivity contribution in [2.24, 2.45) is 0 Å². The smallest absolute Gasteiger partial charge is 0.251 e. The molecule has 1 heterocycles. The van der Waals surface area contributed by atoms with Crippen molar-refractivity contribution in [3.63, 3.8) is 0 Å². The van der Waals surface area contributed by atoms with Crippen LogP contribution in [0.4, 0.5) is 5.69 Å². The highest BCUT2D eigenvalue weighted by Crippen LogP contribution is 2.24. The van der Waals surface area contributed by atoms with E-state index >= 15 is 0 Å². The molecule has 27 heavy (non-hydrogen) atoms. The molecule has 3 aromatic carbocycles. The minimum Gasteiger partial charge on any atom is -0.371 e. The number of rotatable bonds is 5. The van der Waals surface area contributed by atoms with E-state index in [9.17, 15) is 4.79 Å². The first-order chi connectivity index (χ1) is 13.3. The van der Waals surface area contributed by atoms with Gasteiger partial charge in [-0.15, -0.1) is 0 Å². The minimum absolute atomic E-state index is 0.0363. The zero-order chi connectivity index (χ0) is 18.5. The predicted octanol–water partition coefficient (Wildman–Crippen LogP) is 4.88. The molecule has 0 bridgehead atoms. The van der Waals surface area contributed by atoms with Crippen molar-refractivity contribution in [3.05, 3.63) is 90.0 Å². The largest absolute Gasteiger partial charge is 0.371 e. The van der Waals surface area contributed by atoms with Crippen LogP contribution in [0.25, 0.3) is 11.1 Å². The molecule has 3 heteroatoms. The van der Waals surface area contributed by atoms with Crippen LogP contribution in [0.2, 0.25) is 0 Å². The van der Waals surface area contributed by atoms with E-state index in [0.29, 0.717) is 12.1 Å². The van der Waals surface area contributed by atoms with Gasteiger partial charge in [-0.3, -0.25) is 4.79 Å². The lowest BCUT2D eigenvalue weighted by Gasteiger charge is -2.21. The van der Waals surface area contributed by atoms with Gasteiger partial charge in [0, 0.05) is 30.9 Å². The van der Waals surface area contributed by atoms with Gasteiger partial charge in [-0.05, 0) is 47.7 Å². The SMILES string of the molecule is O=C(NCc1ccccc1N1CCCC1)c1ccc(-c2ccccc2)cc1. The molecule has 0 spiro atoms. The number of carbonyl (C=O) groups is 1. The lowest BCUT2D eigenvalue weighted by molar-refractivity contribution is 0.0951. The van der Waals surface area contributed by atoms with Crippen molar-refractivity contribution < 1.29 is 4.79 Å². The maximum Gasteiger partial charge on any atom is 0.251 e. The summed E-state index contributed by atoms with van der Waals surface area (Å²) in [5, 5.41) is 3.07. The summed E-state index contributed by atoms with van der Waals surface area (Å²) in [5.41, 5.74) is 5.38. The first-order valence-corrected chi connectivity index (χ1v) is 9.58. The zero-order valence-electron chi connectivity index (χ0n) is 15.4. The number of anilines is 1. The Labute approximate surface area is 160 Å². The van der Waals surface area contributed by atoms with E-state index in [4.69, 9.17) is 0 Å². The second-order valence-electron chi connectivity index (χ2n) is 6.95. The van der Waals surface area contributed by atoms with Crippen molar-refractivity contribution in [1.29, 1.82) is 0 Å². The van der Waals surface area contributed by atoms with Gasteiger partial charge in [-0.2, -0.15) is 0 Å². The summed E-state index contributed by atoms with van der Waals surface area (Å²) in [6.07, 6.45) is 2.49. The monoisotopic (exact) mass is 356 g/mol. The van der Waals surface area contributed by atoms with Gasteiger partial charge in [-0.25, -0.2) is 0 Å². The third kappa shape index (κ3) is 4.03. The van der Waals surface area contributed by atoms with Crippen LogP contribution >= 0.6 is 0 Å². The summed E-state index contributed by atoms with van der Waals surface area (Å²) in [7, 11) is 0. The van der Waals surface area contributed by atoms with Crippen LogP contribution in [-0.2, 0) is 6.54 Å². The van der Waals surface area contributed by atoms with Crippen molar-refractivity contribution in [3.8, 4) is 11.1 Å². The number of para-hydroxylation sites is 1. The first kappa shape index (κ1) is 17.3. The lowest BCUT2D eigenvalue weighted by Crippen LogP contribution is -2.25. The zero-order valence-corrected chi connectivity index (χ0v) is 15.4. The van der Waals surface area contributed by atoms with Gasteiger partial charge in [0.05, 0.1) is 0 Å². The second-order valence-corrected chi connectivity index (χ2v) is 6.95. The number of carbonyl (C=O) groups excluding carboxylic acids is 1. The fourth-order valence-electron chi connectivity index (χ4n) is 3.65. The molecular formula is C24H24N2O. The average Bonchev–Trinajstić information content (AvgIpc) is 3.28. The fraction of sp³-hybridized carbons (Fsp3) is 0.208. The molecule has 0 saturated carbocycles. The van der Waals surface area contributed by atoms with Gasteiger partial charge in [-0.1, -0.05) is 60.7 Å². The first-order valence-electron chi connectivity index (χ1n) is 9.58. The quantitative estimate of drug-likeness (QED) is 0.706. The van der Waals surface area contributed by atoms with Gasteiger partial charge >= 0.3 is 0 Å². The van der Waals surface area contributed by atoms with E-state index < -0.39 is 0 Å². The molecule has 4 rings (SSSR count). The van der Waals surface area contributed by atoms with Crippen molar-refractivity contribution in [1.82, 2.24) is 5.32 Å². The van der Waals surface area contributed by atoms with Gasteiger partial charge in [0.1, 0.15) is 0 Å². The summed E-state index contributed by atoms with van der Waals surface area (Å²) in [4.78, 5) is 15.0. The number of amides is 1. The molecule has 1 amide bonds. The summed E-state index contributed by atoms with van der Waals surface area (Å²) in [6.45, 7) is 2.75. The maximum atomic E-state index is 12.6. The van der Waals surface area contributed by atoms with Crippen molar-refractivity contribution >= 4 is 11.6 Å². The average molecular weight is 356 g/mol. The lowest BCUT2D eigenvalue weighted by atomic mass is 10.0.